The number of hydrogen-bond donors (Lipinski definition) is 1. The third kappa shape index (κ3) is 5.61. The molecule has 1 aromatic carbocycles. The topological polar surface area (TPSA) is 24.5 Å². The van der Waals surface area contributed by atoms with Crippen LogP contribution in [0.5, 0.6) is 5.75 Å². The highest BCUT2D eigenvalue weighted by Crippen LogP contribution is 2.35. The van der Waals surface area contributed by atoms with Crippen LogP contribution < -0.4 is 10.1 Å². The number of rotatable bonds is 6. The molecule has 1 aliphatic heterocycles. The zero-order chi connectivity index (χ0) is 16.2. The van der Waals surface area contributed by atoms with E-state index in [0.29, 0.717) is 26.2 Å². The van der Waals surface area contributed by atoms with E-state index < -0.39 is 31.0 Å². The van der Waals surface area contributed by atoms with E-state index in [2.05, 4.69) is 10.1 Å². The van der Waals surface area contributed by atoms with E-state index in [1.165, 1.54) is 18.2 Å². The Hall–Kier alpha value is -0.830. The normalized spacial score (nSPS) is 16.9. The number of nitrogens with one attached hydrogen (secondary N) is 1. The molecule has 0 radical (unpaired) electrons. The fraction of sp³-hybridized carbons (Fsp3) is 0.571. The van der Waals surface area contributed by atoms with Gasteiger partial charge in [0.25, 0.3) is 0 Å². The molecule has 0 unspecified atom stereocenters. The van der Waals surface area contributed by atoms with Crippen molar-refractivity contribution in [3.05, 3.63) is 29.8 Å². The minimum absolute atomic E-state index is 0. The molecular formula is C14H19Cl2F5N2O. The maximum atomic E-state index is 13.4. The lowest BCUT2D eigenvalue weighted by Crippen LogP contribution is -2.46. The maximum absolute atomic E-state index is 13.4. The van der Waals surface area contributed by atoms with Gasteiger partial charge in [0.15, 0.2) is 0 Å². The van der Waals surface area contributed by atoms with Gasteiger partial charge >= 0.3 is 12.5 Å². The molecular weight excluding hydrogens is 378 g/mol. The average molecular weight is 397 g/mol. The van der Waals surface area contributed by atoms with Gasteiger partial charge in [-0.3, -0.25) is 4.90 Å². The van der Waals surface area contributed by atoms with Crippen molar-refractivity contribution < 1.29 is 26.7 Å². The van der Waals surface area contributed by atoms with Gasteiger partial charge in [0, 0.05) is 31.7 Å². The van der Waals surface area contributed by atoms with E-state index in [4.69, 9.17) is 0 Å². The molecule has 10 heteroatoms. The summed E-state index contributed by atoms with van der Waals surface area (Å²) < 4.78 is 68.5. The fourth-order valence-electron chi connectivity index (χ4n) is 2.41. The first kappa shape index (κ1) is 23.2. The highest BCUT2D eigenvalue weighted by atomic mass is 35.5. The predicted octanol–water partition coefficient (Wildman–Crippen LogP) is 3.68. The summed E-state index contributed by atoms with van der Waals surface area (Å²) >= 11 is 0. The first-order valence-electron chi connectivity index (χ1n) is 6.90. The number of ether oxygens (including phenoxy) is 1. The van der Waals surface area contributed by atoms with Crippen LogP contribution in [0.2, 0.25) is 0 Å². The van der Waals surface area contributed by atoms with Gasteiger partial charge in [0.1, 0.15) is 12.4 Å². The van der Waals surface area contributed by atoms with E-state index in [1.54, 1.807) is 4.90 Å². The molecule has 2 rings (SSSR count). The second kappa shape index (κ2) is 10.2. The van der Waals surface area contributed by atoms with E-state index in [-0.39, 0.29) is 30.4 Å². The Morgan fingerprint density at radius 2 is 1.71 bits per heavy atom. The zero-order valence-corrected chi connectivity index (χ0v) is 14.2. The van der Waals surface area contributed by atoms with Crippen LogP contribution in [0.15, 0.2) is 24.3 Å². The third-order valence-electron chi connectivity index (χ3n) is 3.52. The zero-order valence-electron chi connectivity index (χ0n) is 12.6. The molecule has 0 saturated carbocycles. The highest BCUT2D eigenvalue weighted by molar-refractivity contribution is 5.85. The lowest BCUT2D eigenvalue weighted by molar-refractivity contribution is -0.253. The molecule has 1 saturated heterocycles. The van der Waals surface area contributed by atoms with Crippen molar-refractivity contribution in [2.24, 2.45) is 0 Å². The molecule has 24 heavy (non-hydrogen) atoms. The summed E-state index contributed by atoms with van der Waals surface area (Å²) in [6.07, 6.45) is -8.57. The van der Waals surface area contributed by atoms with E-state index in [1.807, 2.05) is 0 Å². The summed E-state index contributed by atoms with van der Waals surface area (Å²) in [7, 11) is 0. The summed E-state index contributed by atoms with van der Waals surface area (Å²) in [5, 5.41) is 3.10. The molecule has 140 valence electrons. The predicted molar refractivity (Wildman–Crippen MR) is 85.7 cm³/mol. The second-order valence-corrected chi connectivity index (χ2v) is 4.96. The van der Waals surface area contributed by atoms with Gasteiger partial charge < -0.3 is 10.1 Å². The Kier molecular flexibility index (Phi) is 9.87. The van der Waals surface area contributed by atoms with Gasteiger partial charge in [0.2, 0.25) is 0 Å². The highest BCUT2D eigenvalue weighted by Gasteiger charge is 2.44. The number of halogens is 7. The monoisotopic (exact) mass is 396 g/mol. The van der Waals surface area contributed by atoms with Gasteiger partial charge in [-0.15, -0.1) is 24.8 Å². The summed E-state index contributed by atoms with van der Waals surface area (Å²) in [4.78, 5) is 1.78. The van der Waals surface area contributed by atoms with Crippen molar-refractivity contribution >= 4 is 24.8 Å². The summed E-state index contributed by atoms with van der Waals surface area (Å²) in [6, 6.07) is 4.69. The first-order valence-corrected chi connectivity index (χ1v) is 6.90. The van der Waals surface area contributed by atoms with Crippen molar-refractivity contribution in [3.63, 3.8) is 0 Å². The molecule has 0 aromatic heterocycles. The van der Waals surface area contributed by atoms with Crippen molar-refractivity contribution in [1.82, 2.24) is 10.2 Å². The molecule has 0 bridgehead atoms. The number of piperazine rings is 1. The van der Waals surface area contributed by atoms with Gasteiger partial charge in [0.05, 0.1) is 6.04 Å². The van der Waals surface area contributed by atoms with Crippen molar-refractivity contribution in [2.45, 2.75) is 18.6 Å². The average Bonchev–Trinajstić information content (AvgIpc) is 2.50. The first-order chi connectivity index (χ1) is 10.5. The molecule has 1 aromatic rings. The van der Waals surface area contributed by atoms with E-state index in [9.17, 15) is 22.0 Å². The number of nitrogens with zero attached hydrogens (tertiary/aromatic N) is 1. The minimum atomic E-state index is -4.61. The molecule has 1 N–H and O–H groups in total. The number of para-hydroxylation sites is 1. The van der Waals surface area contributed by atoms with Crippen molar-refractivity contribution in [2.75, 3.05) is 32.9 Å². The van der Waals surface area contributed by atoms with Crippen molar-refractivity contribution in [3.8, 4) is 5.75 Å². The number of alkyl halides is 5. The van der Waals surface area contributed by atoms with Crippen LogP contribution >= 0.6 is 24.8 Å². The lowest BCUT2D eigenvalue weighted by atomic mass is 10.0. The van der Waals surface area contributed by atoms with Gasteiger partial charge in [-0.2, -0.15) is 17.6 Å². The van der Waals surface area contributed by atoms with Gasteiger partial charge in [-0.05, 0) is 6.07 Å². The molecule has 1 aliphatic rings. The number of hydrogen-bond acceptors (Lipinski definition) is 3. The molecule has 0 amide bonds. The SMILES string of the molecule is Cl.Cl.FC[C@@H](c1ccccc1OC(F)(F)C(F)F)N1CCNCC1. The van der Waals surface area contributed by atoms with E-state index >= 15 is 0 Å². The van der Waals surface area contributed by atoms with Crippen LogP contribution in [0.1, 0.15) is 11.6 Å². The Morgan fingerprint density at radius 1 is 1.12 bits per heavy atom. The molecule has 1 heterocycles. The lowest BCUT2D eigenvalue weighted by Gasteiger charge is -2.34. The van der Waals surface area contributed by atoms with E-state index in [0.717, 1.165) is 6.07 Å². The van der Waals surface area contributed by atoms with Crippen LogP contribution in [-0.2, 0) is 0 Å². The molecule has 1 fully saturated rings. The Balaban J connectivity index is 0.00000264. The van der Waals surface area contributed by atoms with Crippen LogP contribution in [0.25, 0.3) is 0 Å². The molecule has 3 nitrogen and oxygen atoms in total. The molecule has 0 spiro atoms. The number of benzene rings is 1. The molecule has 1 atom stereocenters. The third-order valence-corrected chi connectivity index (χ3v) is 3.52. The smallest absolute Gasteiger partial charge is 0.428 e. The van der Waals surface area contributed by atoms with Crippen molar-refractivity contribution in [1.29, 1.82) is 0 Å². The Bertz CT molecular complexity index is 490. The summed E-state index contributed by atoms with van der Waals surface area (Å²) in [6.45, 7) is 1.54. The summed E-state index contributed by atoms with van der Waals surface area (Å²) in [5.74, 6) is -0.422. The Labute approximate surface area is 149 Å². The minimum Gasteiger partial charge on any atom is -0.428 e. The molecule has 0 aliphatic carbocycles. The quantitative estimate of drug-likeness (QED) is 0.742. The summed E-state index contributed by atoms with van der Waals surface area (Å²) in [5.41, 5.74) is 0.146. The fourth-order valence-corrected chi connectivity index (χ4v) is 2.41. The van der Waals surface area contributed by atoms with Crippen LogP contribution in [0.3, 0.4) is 0 Å². The Morgan fingerprint density at radius 3 is 2.25 bits per heavy atom. The van der Waals surface area contributed by atoms with Crippen LogP contribution in [0.4, 0.5) is 22.0 Å². The van der Waals surface area contributed by atoms with Gasteiger partial charge in [-0.25, -0.2) is 4.39 Å². The van der Waals surface area contributed by atoms with Gasteiger partial charge in [-0.1, -0.05) is 18.2 Å². The second-order valence-electron chi connectivity index (χ2n) is 4.96. The maximum Gasteiger partial charge on any atom is 0.461 e. The largest absolute Gasteiger partial charge is 0.461 e. The van der Waals surface area contributed by atoms with Crippen LogP contribution in [-0.4, -0.2) is 50.3 Å². The van der Waals surface area contributed by atoms with Crippen LogP contribution in [0, 0.1) is 0 Å². The standard InChI is InChI=1S/C14H17F5N2O.2ClH/c15-9-11(21-7-5-20-6-8-21)10-3-1-2-4-12(10)22-14(18,19)13(16)17;;/h1-4,11,13,20H,5-9H2;2*1H/t11-;;/m0../s1.